The highest BCUT2D eigenvalue weighted by atomic mass is 35.6. The van der Waals surface area contributed by atoms with Gasteiger partial charge in [-0.1, -0.05) is 58.7 Å². The molecule has 0 amide bonds. The van der Waals surface area contributed by atoms with Crippen LogP contribution in [0.15, 0.2) is 12.7 Å². The zero-order valence-electron chi connectivity index (χ0n) is 23.4. The molecule has 7 nitrogen and oxygen atoms in total. The van der Waals surface area contributed by atoms with Crippen molar-refractivity contribution in [1.82, 2.24) is 0 Å². The fourth-order valence-corrected chi connectivity index (χ4v) is 2.41. The Balaban J connectivity index is -0.0000000393. The van der Waals surface area contributed by atoms with Crippen LogP contribution in [0.5, 0.6) is 0 Å². The molecule has 14 heteroatoms. The number of rotatable bonds is 8. The third-order valence-corrected chi connectivity index (χ3v) is 6.50. The minimum Gasteiger partial charge on any atom is -0.424 e. The maximum absolute atomic E-state index is 8.40. The van der Waals surface area contributed by atoms with Crippen molar-refractivity contribution in [2.75, 3.05) is 21.3 Å². The van der Waals surface area contributed by atoms with Gasteiger partial charge in [-0.15, -0.1) is 6.58 Å². The second-order valence-electron chi connectivity index (χ2n) is 6.88. The van der Waals surface area contributed by atoms with Gasteiger partial charge in [0.05, 0.1) is 0 Å². The van der Waals surface area contributed by atoms with Crippen LogP contribution in [0.4, 0.5) is 0 Å². The summed E-state index contributed by atoms with van der Waals surface area (Å²) in [6.07, 6.45) is 8.33. The van der Waals surface area contributed by atoms with Gasteiger partial charge in [0.1, 0.15) is 8.11 Å². The Morgan fingerprint density at radius 3 is 1.39 bits per heavy atom. The molecule has 0 radical (unpaired) electrons. The summed E-state index contributed by atoms with van der Waals surface area (Å²) in [6.45, 7) is 20.9. The van der Waals surface area contributed by atoms with Gasteiger partial charge in [-0.25, -0.2) is 0 Å². The molecule has 0 aromatic carbocycles. The quantitative estimate of drug-likeness (QED) is 0.196. The molecule has 0 unspecified atom stereocenters. The molecule has 0 atom stereocenters. The monoisotopic (exact) mass is 598 g/mol. The standard InChI is InChI=1S/C8H20OSi.C5H10.C3H10OSi.C2H7ClSi.CH4O.O2Si.2H2OSi/c1-5-6-7-8-10(3,4)9-2;1-3-5-4-2;1-4-5(2)3;1-4(2)3;1-2;1-3-2;2*1-2/h5-8H2,1-4H3;3H,1,4-5H2,2H3;5H,1-3H3;4H,1-2H3;2H,1H3;;2*2H2. The highest BCUT2D eigenvalue weighted by Gasteiger charge is 2.18. The van der Waals surface area contributed by atoms with Crippen molar-refractivity contribution in [2.45, 2.75) is 91.3 Å². The summed E-state index contributed by atoms with van der Waals surface area (Å²) in [6, 6.07) is 1.32. The molecule has 0 spiro atoms. The van der Waals surface area contributed by atoms with E-state index in [0.29, 0.717) is 20.3 Å². The summed E-state index contributed by atoms with van der Waals surface area (Å²) in [5, 5.41) is 7.00. The number of unbranched alkanes of at least 4 members (excludes halogenated alkanes) is 3. The van der Waals surface area contributed by atoms with E-state index < -0.39 is 34.8 Å². The topological polar surface area (TPSA) is 107 Å². The van der Waals surface area contributed by atoms with Crippen LogP contribution in [0.3, 0.4) is 0 Å². The number of aliphatic hydroxyl groups excluding tert-OH is 1. The Hall–Kier alpha value is 0.411. The SMILES string of the molecule is C=CCCC.CCCCC[Si](C)(C)OC.CO.CO[SiH](C)C.C[SiH](C)Cl.O=[SiH2].O=[SiH2].O=[Si]=O. The van der Waals surface area contributed by atoms with Gasteiger partial charge in [0.25, 0.3) is 0 Å². The molecule has 0 fully saturated rings. The summed E-state index contributed by atoms with van der Waals surface area (Å²) in [7, 11) is 1.88. The minimum absolute atomic E-state index is 0.611. The highest BCUT2D eigenvalue weighted by molar-refractivity contribution is 7.05. The van der Waals surface area contributed by atoms with Crippen molar-refractivity contribution < 1.29 is 31.8 Å². The third kappa shape index (κ3) is 167. The van der Waals surface area contributed by atoms with Crippen LogP contribution in [0.1, 0.15) is 46.0 Å². The Kier molecular flexibility index (Phi) is 105. The fourth-order valence-electron chi connectivity index (χ4n) is 1.11. The van der Waals surface area contributed by atoms with Gasteiger partial charge in [0.15, 0.2) is 17.4 Å². The first-order chi connectivity index (χ1) is 15.5. The number of allylic oxidation sites excluding steroid dienone is 1. The fraction of sp³-hybridized carbons (Fsp3) is 0.895. The lowest BCUT2D eigenvalue weighted by atomic mass is 10.3. The average Bonchev–Trinajstić information content (AvgIpc) is 2.79. The van der Waals surface area contributed by atoms with Crippen molar-refractivity contribution in [2.24, 2.45) is 0 Å². The molecular weight excluding hydrogens is 544 g/mol. The van der Waals surface area contributed by atoms with E-state index in [1.807, 2.05) is 13.2 Å². The van der Waals surface area contributed by atoms with E-state index in [2.05, 4.69) is 59.7 Å². The van der Waals surface area contributed by atoms with Gasteiger partial charge >= 0.3 is 9.29 Å². The summed E-state index contributed by atoms with van der Waals surface area (Å²) >= 11 is 5.41. The lowest BCUT2D eigenvalue weighted by Crippen LogP contribution is -2.27. The maximum atomic E-state index is 8.40. The molecule has 0 saturated heterocycles. The van der Waals surface area contributed by atoms with Crippen LogP contribution < -0.4 is 0 Å². The Morgan fingerprint density at radius 1 is 0.970 bits per heavy atom. The number of hydrogen-bond acceptors (Lipinski definition) is 7. The van der Waals surface area contributed by atoms with E-state index in [0.717, 1.165) is 13.5 Å². The average molecular weight is 600 g/mol. The molecule has 33 heavy (non-hydrogen) atoms. The van der Waals surface area contributed by atoms with Gasteiger partial charge in [-0.05, 0) is 38.7 Å². The molecule has 0 heterocycles. The van der Waals surface area contributed by atoms with Crippen LogP contribution >= 0.6 is 11.1 Å². The highest BCUT2D eigenvalue weighted by Crippen LogP contribution is 2.14. The molecule has 204 valence electrons. The first kappa shape index (κ1) is 54.4. The number of aliphatic hydroxyl groups is 1. The lowest BCUT2D eigenvalue weighted by molar-refractivity contribution is 0.399. The van der Waals surface area contributed by atoms with Gasteiger partial charge in [0.2, 0.25) is 20.3 Å². The maximum Gasteiger partial charge on any atom is 0.549 e. The summed E-state index contributed by atoms with van der Waals surface area (Å²) < 4.78 is 43.7. The van der Waals surface area contributed by atoms with E-state index in [1.54, 1.807) is 7.11 Å². The molecule has 0 aromatic heterocycles. The van der Waals surface area contributed by atoms with Crippen molar-refractivity contribution in [3.05, 3.63) is 12.7 Å². The van der Waals surface area contributed by atoms with Crippen molar-refractivity contribution >= 4 is 66.1 Å². The van der Waals surface area contributed by atoms with Crippen LogP contribution in [-0.2, 0) is 26.7 Å². The summed E-state index contributed by atoms with van der Waals surface area (Å²) in [5.74, 6) is 0. The molecule has 0 bridgehead atoms. The Morgan fingerprint density at radius 2 is 1.27 bits per heavy atom. The van der Waals surface area contributed by atoms with Crippen LogP contribution in [0.2, 0.25) is 45.3 Å². The second-order valence-corrected chi connectivity index (χ2v) is 18.7. The molecule has 1 N–H and O–H groups in total. The van der Waals surface area contributed by atoms with Crippen LogP contribution in [0.25, 0.3) is 0 Å². The van der Waals surface area contributed by atoms with Crippen molar-refractivity contribution in [3.8, 4) is 0 Å². The first-order valence-electron chi connectivity index (χ1n) is 10.8. The third-order valence-electron chi connectivity index (χ3n) is 2.90. The number of halogens is 1. The van der Waals surface area contributed by atoms with Gasteiger partial charge in [0, 0.05) is 21.3 Å². The largest absolute Gasteiger partial charge is 0.549 e. The van der Waals surface area contributed by atoms with Gasteiger partial charge < -0.3 is 22.9 Å². The molecular formula is C19H55ClO7Si6. The molecule has 0 aromatic rings. The Labute approximate surface area is 222 Å². The predicted molar refractivity (Wildman–Crippen MR) is 158 cm³/mol. The smallest absolute Gasteiger partial charge is 0.424 e. The molecule has 0 rings (SSSR count). The summed E-state index contributed by atoms with van der Waals surface area (Å²) in [5.41, 5.74) is 0. The molecule has 0 saturated carbocycles. The zero-order chi connectivity index (χ0) is 28.7. The van der Waals surface area contributed by atoms with Gasteiger partial charge in [-0.2, -0.15) is 11.1 Å². The molecule has 0 aliphatic heterocycles. The lowest BCUT2D eigenvalue weighted by Gasteiger charge is -2.19. The number of hydrogen-bond donors (Lipinski definition) is 1. The van der Waals surface area contributed by atoms with E-state index in [1.165, 1.54) is 31.7 Å². The van der Waals surface area contributed by atoms with E-state index >= 15 is 0 Å². The van der Waals surface area contributed by atoms with Crippen LogP contribution in [-0.4, -0.2) is 81.5 Å². The van der Waals surface area contributed by atoms with E-state index in [9.17, 15) is 0 Å². The summed E-state index contributed by atoms with van der Waals surface area (Å²) in [4.78, 5) is 0. The Bertz CT molecular complexity index is 333. The van der Waals surface area contributed by atoms with Crippen LogP contribution in [0, 0.1) is 0 Å². The first-order valence-corrected chi connectivity index (χ1v) is 22.7. The van der Waals surface area contributed by atoms with Crippen molar-refractivity contribution in [1.29, 1.82) is 0 Å². The van der Waals surface area contributed by atoms with E-state index in [4.69, 9.17) is 42.9 Å². The minimum atomic E-state index is -1.42. The molecule has 0 aliphatic rings. The van der Waals surface area contributed by atoms with Gasteiger partial charge in [-0.3, -0.25) is 8.92 Å². The van der Waals surface area contributed by atoms with E-state index in [-0.39, 0.29) is 0 Å². The normalized spacial score (nSPS) is 7.97. The van der Waals surface area contributed by atoms with Crippen molar-refractivity contribution in [3.63, 3.8) is 0 Å². The zero-order valence-corrected chi connectivity index (χ0v) is 31.3. The molecule has 0 aliphatic carbocycles. The predicted octanol–water partition coefficient (Wildman–Crippen LogP) is 3.75. The second kappa shape index (κ2) is 63.7.